The molecule has 134 valence electrons. The van der Waals surface area contributed by atoms with Gasteiger partial charge in [0.05, 0.1) is 20.6 Å². The van der Waals surface area contributed by atoms with Crippen LogP contribution in [0.5, 0.6) is 5.75 Å². The first-order valence-corrected chi connectivity index (χ1v) is 8.03. The molecule has 0 saturated carbocycles. The number of carbonyl (C=O) groups is 1. The summed E-state index contributed by atoms with van der Waals surface area (Å²) in [5.41, 5.74) is -0.920. The zero-order valence-corrected chi connectivity index (χ0v) is 15.1. The molecule has 2 aromatic carbocycles. The number of hydrogen-bond donors (Lipinski definition) is 1. The Labute approximate surface area is 160 Å². The lowest BCUT2D eigenvalue weighted by Gasteiger charge is -2.13. The van der Waals surface area contributed by atoms with Crippen LogP contribution in [0.15, 0.2) is 30.3 Å². The summed E-state index contributed by atoms with van der Waals surface area (Å²) < 4.78 is 43.1. The van der Waals surface area contributed by atoms with Crippen LogP contribution in [0.4, 0.5) is 18.9 Å². The summed E-state index contributed by atoms with van der Waals surface area (Å²) in [6.45, 7) is -0.548. The van der Waals surface area contributed by atoms with E-state index in [9.17, 15) is 18.0 Å². The summed E-state index contributed by atoms with van der Waals surface area (Å²) in [5, 5.41) is 2.35. The minimum absolute atomic E-state index is 0.000944. The Kier molecular flexibility index (Phi) is 6.32. The SMILES string of the molecule is O=C(COc1c(Cl)cc(Cl)c(Cl)c1Cl)Nc1cccc(C(F)(F)F)c1. The zero-order chi connectivity index (χ0) is 18.8. The van der Waals surface area contributed by atoms with Gasteiger partial charge < -0.3 is 10.1 Å². The molecule has 2 rings (SSSR count). The van der Waals surface area contributed by atoms with Crippen LogP contribution in [-0.2, 0) is 11.0 Å². The number of alkyl halides is 3. The van der Waals surface area contributed by atoms with Gasteiger partial charge in [0.1, 0.15) is 5.02 Å². The highest BCUT2D eigenvalue weighted by Crippen LogP contribution is 2.42. The van der Waals surface area contributed by atoms with E-state index in [0.717, 1.165) is 12.1 Å². The fourth-order valence-corrected chi connectivity index (χ4v) is 2.80. The van der Waals surface area contributed by atoms with Gasteiger partial charge in [0.25, 0.3) is 5.91 Å². The molecule has 0 spiro atoms. The van der Waals surface area contributed by atoms with E-state index in [-0.39, 0.29) is 31.5 Å². The van der Waals surface area contributed by atoms with Crippen LogP contribution >= 0.6 is 46.4 Å². The number of benzene rings is 2. The fourth-order valence-electron chi connectivity index (χ4n) is 1.79. The first kappa shape index (κ1) is 20.0. The van der Waals surface area contributed by atoms with E-state index in [2.05, 4.69) is 5.32 Å². The van der Waals surface area contributed by atoms with Gasteiger partial charge in [-0.25, -0.2) is 0 Å². The maximum Gasteiger partial charge on any atom is 0.416 e. The summed E-state index contributed by atoms with van der Waals surface area (Å²) in [5.74, 6) is -0.769. The van der Waals surface area contributed by atoms with E-state index >= 15 is 0 Å². The number of rotatable bonds is 4. The molecule has 25 heavy (non-hydrogen) atoms. The minimum Gasteiger partial charge on any atom is -0.481 e. The van der Waals surface area contributed by atoms with Crippen molar-refractivity contribution in [1.29, 1.82) is 0 Å². The molecule has 0 aliphatic carbocycles. The van der Waals surface area contributed by atoms with Gasteiger partial charge >= 0.3 is 6.18 Å². The van der Waals surface area contributed by atoms with Crippen molar-refractivity contribution in [1.82, 2.24) is 0 Å². The van der Waals surface area contributed by atoms with Gasteiger partial charge in [0, 0.05) is 5.69 Å². The molecule has 0 atom stereocenters. The highest BCUT2D eigenvalue weighted by molar-refractivity contribution is 6.50. The van der Waals surface area contributed by atoms with Crippen LogP contribution in [0, 0.1) is 0 Å². The summed E-state index contributed by atoms with van der Waals surface area (Å²) >= 11 is 23.5. The fraction of sp³-hybridized carbons (Fsp3) is 0.133. The van der Waals surface area contributed by atoms with Crippen molar-refractivity contribution in [3.63, 3.8) is 0 Å². The topological polar surface area (TPSA) is 38.3 Å². The molecule has 0 aliphatic heterocycles. The zero-order valence-electron chi connectivity index (χ0n) is 12.1. The Balaban J connectivity index is 2.06. The van der Waals surface area contributed by atoms with Gasteiger partial charge in [-0.05, 0) is 24.3 Å². The molecular formula is C15H8Cl4F3NO2. The number of amides is 1. The lowest BCUT2D eigenvalue weighted by atomic mass is 10.2. The maximum atomic E-state index is 12.6. The summed E-state index contributed by atoms with van der Waals surface area (Å²) in [4.78, 5) is 11.9. The van der Waals surface area contributed by atoms with Crippen molar-refractivity contribution >= 4 is 58.0 Å². The van der Waals surface area contributed by atoms with Crippen molar-refractivity contribution in [2.24, 2.45) is 0 Å². The number of anilines is 1. The third kappa shape index (κ3) is 5.07. The Hall–Kier alpha value is -1.34. The standard InChI is InChI=1S/C15H8Cl4F3NO2/c16-9-5-10(17)14(13(19)12(9)18)25-6-11(24)23-8-3-1-2-7(4-8)15(20,21)22/h1-5H,6H2,(H,23,24). The second-order valence-electron chi connectivity index (χ2n) is 4.71. The lowest BCUT2D eigenvalue weighted by molar-refractivity contribution is -0.137. The van der Waals surface area contributed by atoms with Crippen LogP contribution in [0.2, 0.25) is 20.1 Å². The average Bonchev–Trinajstić information content (AvgIpc) is 2.52. The quantitative estimate of drug-likeness (QED) is 0.452. The summed E-state index contributed by atoms with van der Waals surface area (Å²) in [7, 11) is 0. The molecule has 2 aromatic rings. The Morgan fingerprint density at radius 1 is 1.04 bits per heavy atom. The van der Waals surface area contributed by atoms with Gasteiger partial charge in [0.2, 0.25) is 0 Å². The number of halogens is 7. The van der Waals surface area contributed by atoms with Gasteiger partial charge in [-0.15, -0.1) is 0 Å². The van der Waals surface area contributed by atoms with E-state index < -0.39 is 24.3 Å². The van der Waals surface area contributed by atoms with E-state index in [4.69, 9.17) is 51.1 Å². The molecule has 1 amide bonds. The average molecular weight is 433 g/mol. The third-order valence-corrected chi connectivity index (χ3v) is 4.42. The molecule has 0 aromatic heterocycles. The molecule has 1 N–H and O–H groups in total. The Bertz CT molecular complexity index is 812. The van der Waals surface area contributed by atoms with Crippen LogP contribution < -0.4 is 10.1 Å². The highest BCUT2D eigenvalue weighted by atomic mass is 35.5. The predicted octanol–water partition coefficient (Wildman–Crippen LogP) is 6.34. The van der Waals surface area contributed by atoms with Crippen LogP contribution in [0.1, 0.15) is 5.56 Å². The Morgan fingerprint density at radius 2 is 1.72 bits per heavy atom. The van der Waals surface area contributed by atoms with E-state index in [1.54, 1.807) is 0 Å². The summed E-state index contributed by atoms with van der Waals surface area (Å²) in [6, 6.07) is 5.47. The molecule has 0 unspecified atom stereocenters. The van der Waals surface area contributed by atoms with Crippen LogP contribution in [0.3, 0.4) is 0 Å². The van der Waals surface area contributed by atoms with Gasteiger partial charge in [-0.2, -0.15) is 13.2 Å². The molecule has 0 aliphatic rings. The number of nitrogens with one attached hydrogen (secondary N) is 1. The molecule has 0 saturated heterocycles. The van der Waals surface area contributed by atoms with Crippen molar-refractivity contribution in [3.05, 3.63) is 56.0 Å². The van der Waals surface area contributed by atoms with Gasteiger partial charge in [-0.1, -0.05) is 52.5 Å². The number of hydrogen-bond acceptors (Lipinski definition) is 2. The van der Waals surface area contributed by atoms with Gasteiger partial charge in [-0.3, -0.25) is 4.79 Å². The molecule has 0 heterocycles. The summed E-state index contributed by atoms with van der Waals surface area (Å²) in [6.07, 6.45) is -4.52. The van der Waals surface area contributed by atoms with Crippen molar-refractivity contribution < 1.29 is 22.7 Å². The van der Waals surface area contributed by atoms with Crippen LogP contribution in [-0.4, -0.2) is 12.5 Å². The normalized spacial score (nSPS) is 11.3. The Morgan fingerprint density at radius 3 is 2.36 bits per heavy atom. The number of ether oxygens (including phenoxy) is 1. The van der Waals surface area contributed by atoms with E-state index in [0.29, 0.717) is 0 Å². The first-order chi connectivity index (χ1) is 11.6. The van der Waals surface area contributed by atoms with E-state index in [1.165, 1.54) is 18.2 Å². The highest BCUT2D eigenvalue weighted by Gasteiger charge is 2.30. The second kappa shape index (κ2) is 7.91. The van der Waals surface area contributed by atoms with Crippen LogP contribution in [0.25, 0.3) is 0 Å². The smallest absolute Gasteiger partial charge is 0.416 e. The monoisotopic (exact) mass is 431 g/mol. The third-order valence-electron chi connectivity index (χ3n) is 2.89. The van der Waals surface area contributed by atoms with E-state index in [1.807, 2.05) is 0 Å². The molecule has 0 bridgehead atoms. The minimum atomic E-state index is -4.52. The molecule has 3 nitrogen and oxygen atoms in total. The largest absolute Gasteiger partial charge is 0.481 e. The van der Waals surface area contributed by atoms with Gasteiger partial charge in [0.15, 0.2) is 12.4 Å². The molecule has 0 radical (unpaired) electrons. The second-order valence-corrected chi connectivity index (χ2v) is 6.28. The van der Waals surface area contributed by atoms with Crippen molar-refractivity contribution in [2.75, 3.05) is 11.9 Å². The maximum absolute atomic E-state index is 12.6. The predicted molar refractivity (Wildman–Crippen MR) is 92.1 cm³/mol. The first-order valence-electron chi connectivity index (χ1n) is 6.52. The van der Waals surface area contributed by atoms with Crippen molar-refractivity contribution in [2.45, 2.75) is 6.18 Å². The molecular weight excluding hydrogens is 425 g/mol. The number of carbonyl (C=O) groups excluding carboxylic acids is 1. The lowest BCUT2D eigenvalue weighted by Crippen LogP contribution is -2.20. The molecule has 10 heteroatoms. The molecule has 0 fully saturated rings. The van der Waals surface area contributed by atoms with Crippen molar-refractivity contribution in [3.8, 4) is 5.75 Å².